The number of aliphatic imine (C=N–C) groups is 1. The Hall–Kier alpha value is -1.88. The van der Waals surface area contributed by atoms with Crippen molar-refractivity contribution in [1.29, 1.82) is 0 Å². The van der Waals surface area contributed by atoms with Crippen LogP contribution in [0.2, 0.25) is 5.02 Å². The topological polar surface area (TPSA) is 98.5 Å². The molecular weight excluding hydrogens is 242 g/mol. The fraction of sp³-hybridized carbons (Fsp3) is 0.182. The summed E-state index contributed by atoms with van der Waals surface area (Å²) in [6.45, 7) is 0. The van der Waals surface area contributed by atoms with E-state index in [2.05, 4.69) is 4.99 Å². The lowest BCUT2D eigenvalue weighted by molar-refractivity contribution is -0.117. The summed E-state index contributed by atoms with van der Waals surface area (Å²) in [6, 6.07) is 6.45. The van der Waals surface area contributed by atoms with Crippen molar-refractivity contribution in [3.05, 3.63) is 34.9 Å². The second-order valence-electron chi connectivity index (χ2n) is 3.36. The number of hydrogen-bond acceptors (Lipinski definition) is 2. The number of carbonyl (C=O) groups excluding carboxylic acids is 2. The minimum atomic E-state index is -0.507. The molecule has 0 aliphatic heterocycles. The molecule has 1 aromatic rings. The molecule has 5 nitrogen and oxygen atoms in total. The average Bonchev–Trinajstić information content (AvgIpc) is 2.26. The highest BCUT2D eigenvalue weighted by Crippen LogP contribution is 2.11. The van der Waals surface area contributed by atoms with Crippen LogP contribution in [0.3, 0.4) is 0 Å². The number of rotatable bonds is 4. The molecule has 0 spiro atoms. The first-order valence-corrected chi connectivity index (χ1v) is 5.28. The van der Waals surface area contributed by atoms with Gasteiger partial charge in [0.15, 0.2) is 11.7 Å². The molecule has 0 bridgehead atoms. The molecule has 1 amide bonds. The first-order chi connectivity index (χ1) is 7.99. The molecule has 0 saturated carbocycles. The van der Waals surface area contributed by atoms with E-state index in [1.54, 1.807) is 24.3 Å². The number of halogens is 1. The lowest BCUT2D eigenvalue weighted by Gasteiger charge is -1.99. The second-order valence-corrected chi connectivity index (χ2v) is 3.80. The van der Waals surface area contributed by atoms with Crippen molar-refractivity contribution in [3.8, 4) is 0 Å². The Kier molecular flexibility index (Phi) is 4.66. The maximum atomic E-state index is 11.6. The third-order valence-electron chi connectivity index (χ3n) is 1.99. The van der Waals surface area contributed by atoms with Crippen molar-refractivity contribution in [3.63, 3.8) is 0 Å². The van der Waals surface area contributed by atoms with Crippen LogP contribution >= 0.6 is 11.6 Å². The van der Waals surface area contributed by atoms with Crippen molar-refractivity contribution < 1.29 is 9.59 Å². The molecule has 0 fully saturated rings. The Morgan fingerprint density at radius 1 is 1.12 bits per heavy atom. The van der Waals surface area contributed by atoms with Crippen molar-refractivity contribution in [2.75, 3.05) is 0 Å². The first kappa shape index (κ1) is 13.2. The molecule has 90 valence electrons. The number of Topliss-reactive ketones (excluding diaryl/α,β-unsaturated/α-hetero) is 1. The summed E-state index contributed by atoms with van der Waals surface area (Å²) in [5.74, 6) is -0.956. The van der Waals surface area contributed by atoms with Crippen molar-refractivity contribution >= 4 is 29.3 Å². The molecule has 4 N–H and O–H groups in total. The van der Waals surface area contributed by atoms with Crippen molar-refractivity contribution in [2.24, 2.45) is 16.5 Å². The maximum Gasteiger partial charge on any atom is 0.249 e. The third kappa shape index (κ3) is 4.65. The number of ketones is 1. The summed E-state index contributed by atoms with van der Waals surface area (Å²) in [6.07, 6.45) is 0.0522. The van der Waals surface area contributed by atoms with Crippen LogP contribution in [-0.4, -0.2) is 17.6 Å². The number of nitrogens with zero attached hydrogens (tertiary/aromatic N) is 1. The van der Waals surface area contributed by atoms with E-state index in [-0.39, 0.29) is 24.6 Å². The second kappa shape index (κ2) is 6.00. The Bertz CT molecular complexity index is 450. The van der Waals surface area contributed by atoms with Crippen LogP contribution in [0.15, 0.2) is 29.3 Å². The molecule has 0 heterocycles. The first-order valence-electron chi connectivity index (χ1n) is 4.90. The van der Waals surface area contributed by atoms with Gasteiger partial charge in [0.25, 0.3) is 0 Å². The van der Waals surface area contributed by atoms with Gasteiger partial charge in [0, 0.05) is 23.4 Å². The van der Waals surface area contributed by atoms with E-state index in [9.17, 15) is 9.59 Å². The van der Waals surface area contributed by atoms with E-state index in [0.29, 0.717) is 10.6 Å². The Labute approximate surface area is 103 Å². The smallest absolute Gasteiger partial charge is 0.249 e. The van der Waals surface area contributed by atoms with Gasteiger partial charge in [0.1, 0.15) is 0 Å². The lowest BCUT2D eigenvalue weighted by atomic mass is 10.1. The molecule has 0 aromatic heterocycles. The van der Waals surface area contributed by atoms with Crippen LogP contribution in [-0.2, 0) is 4.79 Å². The van der Waals surface area contributed by atoms with Crippen LogP contribution in [0.1, 0.15) is 23.2 Å². The SMILES string of the molecule is NC(N)=NC(=O)CCC(=O)c1ccc(Cl)cc1. The fourth-order valence-electron chi connectivity index (χ4n) is 1.20. The zero-order valence-corrected chi connectivity index (χ0v) is 9.78. The zero-order chi connectivity index (χ0) is 12.8. The molecule has 0 radical (unpaired) electrons. The number of nitrogens with two attached hydrogens (primary N) is 2. The van der Waals surface area contributed by atoms with Crippen LogP contribution in [0.4, 0.5) is 0 Å². The summed E-state index contributed by atoms with van der Waals surface area (Å²) in [4.78, 5) is 26.1. The van der Waals surface area contributed by atoms with E-state index in [0.717, 1.165) is 0 Å². The predicted octanol–water partition coefficient (Wildman–Crippen LogP) is 1.10. The van der Waals surface area contributed by atoms with Crippen molar-refractivity contribution in [2.45, 2.75) is 12.8 Å². The molecular formula is C11H12ClN3O2. The largest absolute Gasteiger partial charge is 0.370 e. The third-order valence-corrected chi connectivity index (χ3v) is 2.24. The van der Waals surface area contributed by atoms with Crippen LogP contribution < -0.4 is 11.5 Å². The molecule has 1 rings (SSSR count). The predicted molar refractivity (Wildman–Crippen MR) is 65.8 cm³/mol. The quantitative estimate of drug-likeness (QED) is 0.477. The molecule has 0 aliphatic carbocycles. The van der Waals surface area contributed by atoms with E-state index in [1.807, 2.05) is 0 Å². The van der Waals surface area contributed by atoms with Gasteiger partial charge in [-0.05, 0) is 24.3 Å². The van der Waals surface area contributed by atoms with Gasteiger partial charge in [0.05, 0.1) is 0 Å². The highest BCUT2D eigenvalue weighted by Gasteiger charge is 2.08. The van der Waals surface area contributed by atoms with Gasteiger partial charge in [-0.25, -0.2) is 0 Å². The molecule has 0 unspecified atom stereocenters. The summed E-state index contributed by atoms with van der Waals surface area (Å²) >= 11 is 5.69. The van der Waals surface area contributed by atoms with Gasteiger partial charge >= 0.3 is 0 Å². The molecule has 6 heteroatoms. The number of carbonyl (C=O) groups is 2. The zero-order valence-electron chi connectivity index (χ0n) is 9.02. The van der Waals surface area contributed by atoms with E-state index in [1.165, 1.54) is 0 Å². The van der Waals surface area contributed by atoms with Crippen LogP contribution in [0, 0.1) is 0 Å². The number of hydrogen-bond donors (Lipinski definition) is 2. The summed E-state index contributed by atoms with van der Waals surface area (Å²) in [5.41, 5.74) is 10.6. The number of amides is 1. The maximum absolute atomic E-state index is 11.6. The summed E-state index contributed by atoms with van der Waals surface area (Å²) in [7, 11) is 0. The van der Waals surface area contributed by atoms with Crippen LogP contribution in [0.25, 0.3) is 0 Å². The van der Waals surface area contributed by atoms with Gasteiger partial charge in [-0.3, -0.25) is 9.59 Å². The average molecular weight is 254 g/mol. The molecule has 0 atom stereocenters. The Morgan fingerprint density at radius 2 is 1.71 bits per heavy atom. The molecule has 0 saturated heterocycles. The summed E-state index contributed by atoms with van der Waals surface area (Å²) < 4.78 is 0. The normalized spacial score (nSPS) is 9.71. The standard InChI is InChI=1S/C11H12ClN3O2/c12-8-3-1-7(2-4-8)9(16)5-6-10(17)15-11(13)14/h1-4H,5-6H2,(H4,13,14,15,17). The molecule has 17 heavy (non-hydrogen) atoms. The van der Waals surface area contributed by atoms with Crippen molar-refractivity contribution in [1.82, 2.24) is 0 Å². The van der Waals surface area contributed by atoms with Gasteiger partial charge in [-0.2, -0.15) is 4.99 Å². The van der Waals surface area contributed by atoms with E-state index >= 15 is 0 Å². The van der Waals surface area contributed by atoms with E-state index < -0.39 is 5.91 Å². The fourth-order valence-corrected chi connectivity index (χ4v) is 1.33. The Morgan fingerprint density at radius 3 is 2.24 bits per heavy atom. The van der Waals surface area contributed by atoms with Gasteiger partial charge in [-0.15, -0.1) is 0 Å². The highest BCUT2D eigenvalue weighted by atomic mass is 35.5. The Balaban J connectivity index is 2.53. The van der Waals surface area contributed by atoms with Gasteiger partial charge < -0.3 is 11.5 Å². The minimum Gasteiger partial charge on any atom is -0.370 e. The van der Waals surface area contributed by atoms with Crippen LogP contribution in [0.5, 0.6) is 0 Å². The molecule has 1 aromatic carbocycles. The monoisotopic (exact) mass is 253 g/mol. The van der Waals surface area contributed by atoms with Gasteiger partial charge in [0.2, 0.25) is 5.91 Å². The summed E-state index contributed by atoms with van der Waals surface area (Å²) in [5, 5.41) is 0.554. The highest BCUT2D eigenvalue weighted by molar-refractivity contribution is 6.30. The van der Waals surface area contributed by atoms with Gasteiger partial charge in [-0.1, -0.05) is 11.6 Å². The number of benzene rings is 1. The molecule has 0 aliphatic rings. The minimum absolute atomic E-state index is 0.0145. The number of guanidine groups is 1. The lowest BCUT2D eigenvalue weighted by Crippen LogP contribution is -2.24. The van der Waals surface area contributed by atoms with E-state index in [4.69, 9.17) is 23.1 Å².